The van der Waals surface area contributed by atoms with Crippen LogP contribution in [0.1, 0.15) is 97.8 Å². The standard InChI is InChI=1S/C34H44F7N4O6P/c1-18(2)32(9,24-15-21(33(36,37)38)16-25(20(24)4)34(39,40)41)51-28-27(23-13-12-22(35)14-19(23)3)44(30(5,6)31(7,8)50-28)17-26-42-29(46)45(43-26)52(47,48-10)49-11/h12-16,18,27-28H,17H2,1-11H3,(H,42,43,46)/t27-,28+,32+/m0/s1/i12D,13D,14D. The summed E-state index contributed by atoms with van der Waals surface area (Å²) in [7, 11) is -2.23. The molecule has 0 bridgehead atoms. The Hall–Kier alpha value is -3.08. The molecule has 2 aromatic carbocycles. The summed E-state index contributed by atoms with van der Waals surface area (Å²) in [6, 6.07) is -3.32. The van der Waals surface area contributed by atoms with Crippen LogP contribution < -0.4 is 5.69 Å². The Kier molecular flexibility index (Phi) is 10.0. The van der Waals surface area contributed by atoms with Gasteiger partial charge in [-0.15, -0.1) is 9.55 Å². The van der Waals surface area contributed by atoms with Crippen molar-refractivity contribution in [1.29, 1.82) is 0 Å². The fourth-order valence-corrected chi connectivity index (χ4v) is 7.17. The molecule has 0 unspecified atom stereocenters. The third-order valence-corrected chi connectivity index (χ3v) is 11.9. The number of nitrogens with zero attached hydrogens (tertiary/aromatic N) is 3. The second-order valence-electron chi connectivity index (χ2n) is 14.0. The average molecular weight is 772 g/mol. The summed E-state index contributed by atoms with van der Waals surface area (Å²) in [4.78, 5) is 17.0. The second-order valence-corrected chi connectivity index (χ2v) is 16.1. The molecule has 1 fully saturated rings. The largest absolute Gasteiger partial charge is 0.459 e. The minimum atomic E-state index is -5.19. The van der Waals surface area contributed by atoms with Crippen LogP contribution >= 0.6 is 7.75 Å². The summed E-state index contributed by atoms with van der Waals surface area (Å²) in [5.41, 5.74) is -10.1. The van der Waals surface area contributed by atoms with E-state index in [4.69, 9.17) is 22.6 Å². The first kappa shape index (κ1) is 37.2. The smallest absolute Gasteiger partial charge is 0.343 e. The molecule has 0 spiro atoms. The van der Waals surface area contributed by atoms with Gasteiger partial charge < -0.3 is 9.47 Å². The number of morpholine rings is 1. The number of halogens is 7. The molecule has 0 amide bonds. The third-order valence-electron chi connectivity index (χ3n) is 10.2. The number of rotatable bonds is 10. The van der Waals surface area contributed by atoms with E-state index in [2.05, 4.69) is 10.1 Å². The summed E-state index contributed by atoms with van der Waals surface area (Å²) in [5, 5.41) is 4.12. The quantitative estimate of drug-likeness (QED) is 0.161. The number of aromatic nitrogens is 3. The average Bonchev–Trinajstić information content (AvgIpc) is 3.45. The van der Waals surface area contributed by atoms with E-state index >= 15 is 4.39 Å². The van der Waals surface area contributed by atoms with Crippen LogP contribution in [-0.4, -0.2) is 51.1 Å². The SMILES string of the molecule is [2H]c1c([2H])c([C@H]2[C@@H](O[C@@](C)(c3cc(C(F)(F)F)cc(C(F)(F)F)c3C)C(C)C)OC(C)(C)C(C)(C)N2Cc2nn(P(=O)(OC)OC)c(=O)[nH]2)c(C)c([2H])c1F. The molecule has 4 rings (SSSR count). The number of alkyl halides is 6. The van der Waals surface area contributed by atoms with Gasteiger partial charge in [0.25, 0.3) is 0 Å². The molecule has 0 radical (unpaired) electrons. The highest BCUT2D eigenvalue weighted by molar-refractivity contribution is 7.51. The van der Waals surface area contributed by atoms with E-state index in [9.17, 15) is 35.7 Å². The van der Waals surface area contributed by atoms with E-state index in [0.717, 1.165) is 21.1 Å². The summed E-state index contributed by atoms with van der Waals surface area (Å²) in [5.74, 6) is -2.33. The molecule has 1 aromatic heterocycles. The molecular formula is C34H44F7N4O6P. The summed E-state index contributed by atoms with van der Waals surface area (Å²) in [6.45, 7) is 12.9. The van der Waals surface area contributed by atoms with Crippen molar-refractivity contribution in [2.75, 3.05) is 14.2 Å². The Morgan fingerprint density at radius 3 is 2.13 bits per heavy atom. The summed E-state index contributed by atoms with van der Waals surface area (Å²) < 4.78 is 163. The van der Waals surface area contributed by atoms with E-state index in [1.807, 2.05) is 0 Å². The lowest BCUT2D eigenvalue weighted by atomic mass is 9.78. The van der Waals surface area contributed by atoms with Crippen molar-refractivity contribution in [3.63, 3.8) is 0 Å². The van der Waals surface area contributed by atoms with Crippen LogP contribution in [0.3, 0.4) is 0 Å². The van der Waals surface area contributed by atoms with E-state index in [1.165, 1.54) is 27.7 Å². The van der Waals surface area contributed by atoms with Crippen LogP contribution in [0.25, 0.3) is 0 Å². The fraction of sp³-hybridized carbons (Fsp3) is 0.588. The molecule has 2 heterocycles. The molecule has 0 aliphatic carbocycles. The monoisotopic (exact) mass is 771 g/mol. The number of ether oxygens (including phenoxy) is 2. The molecule has 1 N–H and O–H groups in total. The molecule has 52 heavy (non-hydrogen) atoms. The van der Waals surface area contributed by atoms with Gasteiger partial charge in [-0.2, -0.15) is 26.3 Å². The number of hydrogen-bond donors (Lipinski definition) is 1. The van der Waals surface area contributed by atoms with Crippen LogP contribution in [0.15, 0.2) is 35.1 Å². The predicted molar refractivity (Wildman–Crippen MR) is 177 cm³/mol. The van der Waals surface area contributed by atoms with Gasteiger partial charge in [0.2, 0.25) is 0 Å². The van der Waals surface area contributed by atoms with E-state index in [1.54, 1.807) is 32.6 Å². The molecule has 18 heteroatoms. The van der Waals surface area contributed by atoms with Crippen LogP contribution in [0.5, 0.6) is 0 Å². The second kappa shape index (κ2) is 14.0. The van der Waals surface area contributed by atoms with E-state index < -0.39 is 114 Å². The van der Waals surface area contributed by atoms with Crippen molar-refractivity contribution in [1.82, 2.24) is 19.4 Å². The Labute approximate surface area is 301 Å². The number of aromatic amines is 1. The van der Waals surface area contributed by atoms with Crippen LogP contribution in [0, 0.1) is 25.6 Å². The highest BCUT2D eigenvalue weighted by Crippen LogP contribution is 2.52. The number of hydrogen-bond acceptors (Lipinski definition) is 8. The van der Waals surface area contributed by atoms with Gasteiger partial charge in [-0.1, -0.05) is 19.9 Å². The molecule has 290 valence electrons. The highest BCUT2D eigenvalue weighted by Gasteiger charge is 2.57. The Morgan fingerprint density at radius 1 is 1.04 bits per heavy atom. The normalized spacial score (nSPS) is 21.9. The van der Waals surface area contributed by atoms with Crippen LogP contribution in [-0.2, 0) is 47.6 Å². The van der Waals surface area contributed by atoms with Gasteiger partial charge in [0.1, 0.15) is 11.6 Å². The Balaban J connectivity index is 2.09. The van der Waals surface area contributed by atoms with Gasteiger partial charge in [-0.05, 0) is 101 Å². The molecule has 3 aromatic rings. The Bertz CT molecular complexity index is 2030. The lowest BCUT2D eigenvalue weighted by Gasteiger charge is -2.59. The molecule has 1 aliphatic heterocycles. The van der Waals surface area contributed by atoms with Crippen molar-refractivity contribution in [3.05, 3.63) is 85.8 Å². The van der Waals surface area contributed by atoms with Gasteiger partial charge in [0.05, 0.1) is 39.0 Å². The third kappa shape index (κ3) is 7.49. The van der Waals surface area contributed by atoms with Crippen LogP contribution in [0.2, 0.25) is 0 Å². The van der Waals surface area contributed by atoms with Gasteiger partial charge in [0, 0.05) is 19.8 Å². The lowest BCUT2D eigenvalue weighted by Crippen LogP contribution is -2.68. The van der Waals surface area contributed by atoms with Crippen molar-refractivity contribution in [2.45, 2.75) is 110 Å². The molecule has 1 aliphatic rings. The van der Waals surface area contributed by atoms with Gasteiger partial charge in [0.15, 0.2) is 6.29 Å². The number of nitrogens with one attached hydrogen (secondary N) is 1. The zero-order valence-electron chi connectivity index (χ0n) is 33.5. The van der Waals surface area contributed by atoms with Gasteiger partial charge in [-0.25, -0.2) is 13.8 Å². The highest BCUT2D eigenvalue weighted by atomic mass is 31.2. The predicted octanol–water partition coefficient (Wildman–Crippen LogP) is 8.66. The molecule has 10 nitrogen and oxygen atoms in total. The fourth-order valence-electron chi connectivity index (χ4n) is 6.22. The molecule has 1 saturated heterocycles. The van der Waals surface area contributed by atoms with Crippen LogP contribution in [0.4, 0.5) is 30.7 Å². The zero-order chi connectivity index (χ0) is 42.2. The maximum absolute atomic E-state index is 15.1. The van der Waals surface area contributed by atoms with Crippen molar-refractivity contribution in [3.8, 4) is 0 Å². The summed E-state index contributed by atoms with van der Waals surface area (Å²) in [6.07, 6.45) is -12.1. The lowest BCUT2D eigenvalue weighted by molar-refractivity contribution is -0.341. The number of H-pyrrole nitrogens is 1. The first-order valence-corrected chi connectivity index (χ1v) is 17.5. The first-order chi connectivity index (χ1) is 24.9. The molecule has 0 saturated carbocycles. The van der Waals surface area contributed by atoms with E-state index in [0.29, 0.717) is 10.5 Å². The minimum Gasteiger partial charge on any atom is -0.343 e. The summed E-state index contributed by atoms with van der Waals surface area (Å²) >= 11 is 0. The molecular weight excluding hydrogens is 724 g/mol. The maximum Gasteiger partial charge on any atom is 0.459 e. The van der Waals surface area contributed by atoms with Crippen molar-refractivity contribution >= 4 is 7.75 Å². The topological polar surface area (TPSA) is 108 Å². The number of benzene rings is 2. The zero-order valence-corrected chi connectivity index (χ0v) is 31.4. The van der Waals surface area contributed by atoms with E-state index in [-0.39, 0.29) is 23.0 Å². The first-order valence-electron chi connectivity index (χ1n) is 17.5. The van der Waals surface area contributed by atoms with Gasteiger partial charge >= 0.3 is 25.8 Å². The Morgan fingerprint density at radius 2 is 1.62 bits per heavy atom. The molecule has 3 atom stereocenters. The maximum atomic E-state index is 15.1. The van der Waals surface area contributed by atoms with Crippen molar-refractivity contribution < 1.29 is 57.9 Å². The van der Waals surface area contributed by atoms with Crippen molar-refractivity contribution in [2.24, 2.45) is 5.92 Å². The van der Waals surface area contributed by atoms with Gasteiger partial charge in [-0.3, -0.25) is 18.9 Å². The minimum absolute atomic E-state index is 0.0264.